The molecule has 36 heavy (non-hydrogen) atoms. The maximum Gasteiger partial charge on any atom is 0.416 e. The van der Waals surface area contributed by atoms with Crippen LogP contribution in [-0.4, -0.2) is 28.4 Å². The van der Waals surface area contributed by atoms with Crippen LogP contribution >= 0.6 is 23.4 Å². The molecular weight excluding hydrogens is 517 g/mol. The number of nitrogens with one attached hydrogen (secondary N) is 2. The zero-order chi connectivity index (χ0) is 25.9. The van der Waals surface area contributed by atoms with Crippen LogP contribution in [0, 0.1) is 6.92 Å². The molecular formula is C24H18ClF3N4O3S. The van der Waals surface area contributed by atoms with E-state index < -0.39 is 17.0 Å². The largest absolute Gasteiger partial charge is 0.455 e. The van der Waals surface area contributed by atoms with Crippen molar-refractivity contribution in [2.75, 3.05) is 5.32 Å². The summed E-state index contributed by atoms with van der Waals surface area (Å²) >= 11 is 7.10. The topological polar surface area (TPSA) is 96.1 Å². The molecule has 0 bridgehead atoms. The van der Waals surface area contributed by atoms with Gasteiger partial charge in [0.25, 0.3) is 0 Å². The van der Waals surface area contributed by atoms with Crippen LogP contribution < -0.4 is 10.6 Å². The van der Waals surface area contributed by atoms with Crippen LogP contribution in [0.2, 0.25) is 5.02 Å². The lowest BCUT2D eigenvalue weighted by atomic mass is 10.1. The predicted octanol–water partition coefficient (Wildman–Crippen LogP) is 5.88. The molecule has 0 spiro atoms. The Hall–Kier alpha value is -3.57. The summed E-state index contributed by atoms with van der Waals surface area (Å²) in [6.07, 6.45) is -3.33. The first-order chi connectivity index (χ1) is 17.1. The standard InChI is InChI=1S/C24H18ClF3N4O3S/c1-13-2-5-15(6-3-13)30-21(33)11-20-22(34)31-23(36-20)32-29-12-16-7-9-19(35-16)17-10-14(24(26,27)28)4-8-18(17)25/h2-10,12,20H,11H2,1H3,(H,30,33)(H,31,32,34)/b29-12+. The highest BCUT2D eigenvalue weighted by atomic mass is 35.5. The number of aryl methyl sites for hydroxylation is 1. The molecule has 1 saturated heterocycles. The molecule has 1 aliphatic rings. The van der Waals surface area contributed by atoms with Crippen molar-refractivity contribution in [1.82, 2.24) is 5.32 Å². The second kappa shape index (κ2) is 10.6. The normalized spacial score (nSPS) is 17.1. The van der Waals surface area contributed by atoms with E-state index in [0.29, 0.717) is 5.69 Å². The fourth-order valence-corrected chi connectivity index (χ4v) is 4.33. The molecule has 1 unspecified atom stereocenters. The quantitative estimate of drug-likeness (QED) is 0.305. The van der Waals surface area contributed by atoms with E-state index in [1.54, 1.807) is 12.1 Å². The van der Waals surface area contributed by atoms with Crippen LogP contribution in [0.25, 0.3) is 11.3 Å². The van der Waals surface area contributed by atoms with Crippen LogP contribution in [0.15, 0.2) is 69.2 Å². The SMILES string of the molecule is Cc1ccc(NC(=O)CC2S/C(=N/N=C/c3ccc(-c4cc(C(F)(F)F)ccc4Cl)o3)NC2=O)cc1. The highest BCUT2D eigenvalue weighted by Gasteiger charge is 2.33. The summed E-state index contributed by atoms with van der Waals surface area (Å²) in [5.74, 6) is -0.338. The van der Waals surface area contributed by atoms with Gasteiger partial charge in [0.1, 0.15) is 16.8 Å². The van der Waals surface area contributed by atoms with Crippen molar-refractivity contribution < 1.29 is 27.2 Å². The molecule has 12 heteroatoms. The van der Waals surface area contributed by atoms with E-state index >= 15 is 0 Å². The highest BCUT2D eigenvalue weighted by molar-refractivity contribution is 8.15. The van der Waals surface area contributed by atoms with E-state index in [9.17, 15) is 22.8 Å². The number of hydrogen-bond donors (Lipinski definition) is 2. The van der Waals surface area contributed by atoms with Crippen LogP contribution in [0.5, 0.6) is 0 Å². The Kier molecular flexibility index (Phi) is 7.51. The van der Waals surface area contributed by atoms with E-state index in [2.05, 4.69) is 20.8 Å². The molecule has 1 atom stereocenters. The number of anilines is 1. The van der Waals surface area contributed by atoms with Gasteiger partial charge in [0, 0.05) is 17.7 Å². The number of carbonyl (C=O) groups is 2. The van der Waals surface area contributed by atoms with Crippen molar-refractivity contribution in [2.45, 2.75) is 24.8 Å². The number of amidine groups is 1. The van der Waals surface area contributed by atoms with Gasteiger partial charge in [0.2, 0.25) is 11.8 Å². The van der Waals surface area contributed by atoms with Gasteiger partial charge in [0.15, 0.2) is 5.17 Å². The van der Waals surface area contributed by atoms with Gasteiger partial charge >= 0.3 is 6.18 Å². The third-order valence-corrected chi connectivity index (χ3v) is 6.40. The van der Waals surface area contributed by atoms with Crippen molar-refractivity contribution in [3.63, 3.8) is 0 Å². The number of nitrogens with zero attached hydrogens (tertiary/aromatic N) is 2. The van der Waals surface area contributed by atoms with Crippen molar-refractivity contribution >= 4 is 52.2 Å². The fraction of sp³-hybridized carbons (Fsp3) is 0.167. The first kappa shape index (κ1) is 25.5. The molecule has 2 aromatic carbocycles. The number of halogens is 4. The van der Waals surface area contributed by atoms with E-state index in [0.717, 1.165) is 35.5 Å². The molecule has 1 aliphatic heterocycles. The van der Waals surface area contributed by atoms with Crippen molar-refractivity contribution in [2.24, 2.45) is 10.2 Å². The van der Waals surface area contributed by atoms with Gasteiger partial charge in [-0.1, -0.05) is 41.1 Å². The lowest BCUT2D eigenvalue weighted by Gasteiger charge is -2.08. The van der Waals surface area contributed by atoms with Crippen LogP contribution in [0.4, 0.5) is 18.9 Å². The number of carbonyl (C=O) groups excluding carboxylic acids is 2. The molecule has 1 fully saturated rings. The lowest BCUT2D eigenvalue weighted by molar-refractivity contribution is -0.137. The Morgan fingerprint density at radius 3 is 2.67 bits per heavy atom. The number of hydrogen-bond acceptors (Lipinski definition) is 6. The summed E-state index contributed by atoms with van der Waals surface area (Å²) in [5.41, 5.74) is 0.931. The van der Waals surface area contributed by atoms with Gasteiger partial charge in [-0.25, -0.2) is 0 Å². The molecule has 0 saturated carbocycles. The van der Waals surface area contributed by atoms with Gasteiger partial charge in [-0.2, -0.15) is 18.3 Å². The molecule has 2 amide bonds. The number of furan rings is 1. The monoisotopic (exact) mass is 534 g/mol. The molecule has 2 heterocycles. The number of thioether (sulfide) groups is 1. The number of amides is 2. The molecule has 2 N–H and O–H groups in total. The van der Waals surface area contributed by atoms with Crippen molar-refractivity contribution in [1.29, 1.82) is 0 Å². The molecule has 7 nitrogen and oxygen atoms in total. The Morgan fingerprint density at radius 1 is 1.19 bits per heavy atom. The number of rotatable bonds is 6. The van der Waals surface area contributed by atoms with Crippen LogP contribution in [-0.2, 0) is 15.8 Å². The smallest absolute Gasteiger partial charge is 0.416 e. The first-order valence-electron chi connectivity index (χ1n) is 10.5. The second-order valence-electron chi connectivity index (χ2n) is 7.76. The minimum atomic E-state index is -4.52. The average molecular weight is 535 g/mol. The average Bonchev–Trinajstić information content (AvgIpc) is 3.41. The minimum Gasteiger partial charge on any atom is -0.455 e. The lowest BCUT2D eigenvalue weighted by Crippen LogP contribution is -2.28. The number of benzene rings is 2. The molecule has 4 rings (SSSR count). The minimum absolute atomic E-state index is 0.0492. The zero-order valence-electron chi connectivity index (χ0n) is 18.6. The van der Waals surface area contributed by atoms with E-state index in [4.69, 9.17) is 16.0 Å². The van der Waals surface area contributed by atoms with Gasteiger partial charge in [-0.05, 0) is 49.4 Å². The molecule has 3 aromatic rings. The molecule has 1 aromatic heterocycles. The van der Waals surface area contributed by atoms with Crippen LogP contribution in [0.1, 0.15) is 23.3 Å². The summed E-state index contributed by atoms with van der Waals surface area (Å²) in [4.78, 5) is 24.5. The maximum atomic E-state index is 13.0. The first-order valence-corrected chi connectivity index (χ1v) is 11.8. The molecule has 0 aliphatic carbocycles. The van der Waals surface area contributed by atoms with Gasteiger partial charge in [0.05, 0.1) is 16.8 Å². The van der Waals surface area contributed by atoms with Crippen molar-refractivity contribution in [3.05, 3.63) is 76.5 Å². The Balaban J connectivity index is 1.37. The summed E-state index contributed by atoms with van der Waals surface area (Å²) < 4.78 is 44.5. The number of alkyl halides is 3. The van der Waals surface area contributed by atoms with E-state index in [1.807, 2.05) is 19.1 Å². The third-order valence-electron chi connectivity index (χ3n) is 5.00. The fourth-order valence-electron chi connectivity index (χ4n) is 3.20. The highest BCUT2D eigenvalue weighted by Crippen LogP contribution is 2.36. The summed E-state index contributed by atoms with van der Waals surface area (Å²) in [5, 5.41) is 12.7. The summed E-state index contributed by atoms with van der Waals surface area (Å²) in [7, 11) is 0. The van der Waals surface area contributed by atoms with Gasteiger partial charge in [-0.3, -0.25) is 9.59 Å². The van der Waals surface area contributed by atoms with E-state index in [-0.39, 0.29) is 45.5 Å². The Labute approximate surface area is 212 Å². The summed E-state index contributed by atoms with van der Waals surface area (Å²) in [6.45, 7) is 1.94. The van der Waals surface area contributed by atoms with E-state index in [1.165, 1.54) is 18.3 Å². The molecule has 186 valence electrons. The molecule has 0 radical (unpaired) electrons. The maximum absolute atomic E-state index is 13.0. The third kappa shape index (κ3) is 6.35. The Morgan fingerprint density at radius 2 is 1.94 bits per heavy atom. The van der Waals surface area contributed by atoms with Crippen molar-refractivity contribution in [3.8, 4) is 11.3 Å². The van der Waals surface area contributed by atoms with Gasteiger partial charge in [-0.15, -0.1) is 5.10 Å². The van der Waals surface area contributed by atoms with Gasteiger partial charge < -0.3 is 15.1 Å². The van der Waals surface area contributed by atoms with Crippen LogP contribution in [0.3, 0.4) is 0 Å². The summed E-state index contributed by atoms with van der Waals surface area (Å²) in [6, 6.07) is 13.2. The predicted molar refractivity (Wildman–Crippen MR) is 133 cm³/mol. The second-order valence-corrected chi connectivity index (χ2v) is 9.36. The Bertz CT molecular complexity index is 1350. The zero-order valence-corrected chi connectivity index (χ0v) is 20.2.